The predicted octanol–water partition coefficient (Wildman–Crippen LogP) is 1.66. The molecule has 2 fully saturated rings. The van der Waals surface area contributed by atoms with E-state index in [2.05, 4.69) is 22.3 Å². The average molecular weight is 306 g/mol. The van der Waals surface area contributed by atoms with E-state index in [9.17, 15) is 0 Å². The number of para-hydroxylation sites is 1. The first kappa shape index (κ1) is 15.6. The summed E-state index contributed by atoms with van der Waals surface area (Å²) in [6.07, 6.45) is 2.13. The number of hydrogen-bond acceptors (Lipinski definition) is 5. The Morgan fingerprint density at radius 1 is 1.23 bits per heavy atom. The van der Waals surface area contributed by atoms with Gasteiger partial charge in [0.25, 0.3) is 0 Å². The van der Waals surface area contributed by atoms with Gasteiger partial charge in [-0.05, 0) is 6.07 Å². The van der Waals surface area contributed by atoms with Crippen LogP contribution in [0.4, 0.5) is 0 Å². The Bertz CT molecular complexity index is 431. The van der Waals surface area contributed by atoms with E-state index in [-0.39, 0.29) is 6.10 Å². The van der Waals surface area contributed by atoms with Gasteiger partial charge in [0.1, 0.15) is 6.10 Å². The second-order valence-corrected chi connectivity index (χ2v) is 5.90. The quantitative estimate of drug-likeness (QED) is 0.896. The van der Waals surface area contributed by atoms with Gasteiger partial charge in [0, 0.05) is 51.1 Å². The van der Waals surface area contributed by atoms with Gasteiger partial charge >= 0.3 is 0 Å². The molecule has 0 radical (unpaired) electrons. The fourth-order valence-electron chi connectivity index (χ4n) is 3.09. The van der Waals surface area contributed by atoms with Crippen molar-refractivity contribution in [2.24, 2.45) is 0 Å². The zero-order chi connectivity index (χ0) is 15.2. The number of nitrogens with one attached hydrogen (secondary N) is 1. The maximum Gasteiger partial charge on any atom is 0.165 e. The van der Waals surface area contributed by atoms with E-state index in [1.165, 1.54) is 5.56 Å². The first-order chi connectivity index (χ1) is 10.9. The summed E-state index contributed by atoms with van der Waals surface area (Å²) >= 11 is 0. The van der Waals surface area contributed by atoms with E-state index in [0.29, 0.717) is 0 Å². The van der Waals surface area contributed by atoms with Crippen LogP contribution in [0.15, 0.2) is 18.2 Å². The molecule has 0 aromatic heterocycles. The van der Waals surface area contributed by atoms with E-state index in [4.69, 9.17) is 14.2 Å². The van der Waals surface area contributed by atoms with Crippen molar-refractivity contribution < 1.29 is 14.2 Å². The third-order valence-electron chi connectivity index (χ3n) is 4.33. The van der Waals surface area contributed by atoms with Crippen molar-refractivity contribution in [1.29, 1.82) is 0 Å². The maximum atomic E-state index is 6.17. The topological polar surface area (TPSA) is 43.0 Å². The standard InChI is InChI=1S/C17H26N2O3/c1-20-17-14(13-19-9-7-18-8-10-19)3-2-4-16(17)22-15-5-11-21-12-6-15/h2-4,15,18H,5-13H2,1H3. The number of benzene rings is 1. The second-order valence-electron chi connectivity index (χ2n) is 5.90. The Kier molecular flexibility index (Phi) is 5.53. The lowest BCUT2D eigenvalue weighted by Crippen LogP contribution is -2.42. The molecule has 0 spiro atoms. The molecule has 2 aliphatic heterocycles. The molecule has 1 aromatic carbocycles. The van der Waals surface area contributed by atoms with E-state index in [0.717, 1.165) is 70.3 Å². The van der Waals surface area contributed by atoms with Crippen LogP contribution in [0, 0.1) is 0 Å². The van der Waals surface area contributed by atoms with E-state index in [1.807, 2.05) is 6.07 Å². The lowest BCUT2D eigenvalue weighted by atomic mass is 10.1. The lowest BCUT2D eigenvalue weighted by Gasteiger charge is -2.29. The summed E-state index contributed by atoms with van der Waals surface area (Å²) in [7, 11) is 1.73. The summed E-state index contributed by atoms with van der Waals surface area (Å²) in [5, 5.41) is 3.39. The summed E-state index contributed by atoms with van der Waals surface area (Å²) in [6, 6.07) is 6.21. The molecule has 0 unspecified atom stereocenters. The average Bonchev–Trinajstić information content (AvgIpc) is 2.57. The zero-order valence-corrected chi connectivity index (χ0v) is 13.3. The van der Waals surface area contributed by atoms with Gasteiger partial charge in [0.05, 0.1) is 20.3 Å². The SMILES string of the molecule is COc1c(CN2CCNCC2)cccc1OC1CCOCC1. The van der Waals surface area contributed by atoms with Crippen LogP contribution in [0.3, 0.4) is 0 Å². The molecule has 5 heteroatoms. The molecule has 22 heavy (non-hydrogen) atoms. The van der Waals surface area contributed by atoms with Crippen molar-refractivity contribution in [1.82, 2.24) is 10.2 Å². The van der Waals surface area contributed by atoms with E-state index < -0.39 is 0 Å². The maximum absolute atomic E-state index is 6.17. The number of methoxy groups -OCH3 is 1. The summed E-state index contributed by atoms with van der Waals surface area (Å²) in [4.78, 5) is 2.45. The van der Waals surface area contributed by atoms with Gasteiger partial charge in [-0.25, -0.2) is 0 Å². The number of rotatable bonds is 5. The second kappa shape index (κ2) is 7.81. The van der Waals surface area contributed by atoms with Crippen molar-refractivity contribution in [2.45, 2.75) is 25.5 Å². The Labute approximate surface area is 132 Å². The Hall–Kier alpha value is -1.30. The molecule has 2 heterocycles. The molecule has 3 rings (SSSR count). The first-order valence-corrected chi connectivity index (χ1v) is 8.20. The molecule has 5 nitrogen and oxygen atoms in total. The Morgan fingerprint density at radius 3 is 2.73 bits per heavy atom. The van der Waals surface area contributed by atoms with Crippen molar-refractivity contribution in [3.05, 3.63) is 23.8 Å². The van der Waals surface area contributed by atoms with Crippen LogP contribution in [-0.4, -0.2) is 57.5 Å². The summed E-state index contributed by atoms with van der Waals surface area (Å²) in [5.74, 6) is 1.74. The summed E-state index contributed by atoms with van der Waals surface area (Å²) < 4.78 is 17.2. The molecule has 0 aliphatic carbocycles. The first-order valence-electron chi connectivity index (χ1n) is 8.20. The zero-order valence-electron chi connectivity index (χ0n) is 13.3. The van der Waals surface area contributed by atoms with Crippen LogP contribution in [-0.2, 0) is 11.3 Å². The van der Waals surface area contributed by atoms with Gasteiger partial charge in [0.15, 0.2) is 11.5 Å². The van der Waals surface area contributed by atoms with Crippen LogP contribution < -0.4 is 14.8 Å². The highest BCUT2D eigenvalue weighted by Crippen LogP contribution is 2.33. The smallest absolute Gasteiger partial charge is 0.165 e. The number of piperazine rings is 1. The summed E-state index contributed by atoms with van der Waals surface area (Å²) in [5.41, 5.74) is 1.20. The van der Waals surface area contributed by atoms with Crippen LogP contribution in [0.5, 0.6) is 11.5 Å². The normalized spacial score (nSPS) is 20.8. The minimum Gasteiger partial charge on any atom is -0.493 e. The predicted molar refractivity (Wildman–Crippen MR) is 85.6 cm³/mol. The van der Waals surface area contributed by atoms with Gasteiger partial charge in [0.2, 0.25) is 0 Å². The number of ether oxygens (including phenoxy) is 3. The molecule has 0 atom stereocenters. The van der Waals surface area contributed by atoms with Crippen molar-refractivity contribution in [3.63, 3.8) is 0 Å². The molecule has 1 N–H and O–H groups in total. The number of nitrogens with zero attached hydrogens (tertiary/aromatic N) is 1. The third kappa shape index (κ3) is 3.91. The third-order valence-corrected chi connectivity index (χ3v) is 4.33. The largest absolute Gasteiger partial charge is 0.493 e. The van der Waals surface area contributed by atoms with Gasteiger partial charge < -0.3 is 19.5 Å². The molecule has 2 aliphatic rings. The Morgan fingerprint density at radius 2 is 2.00 bits per heavy atom. The minimum atomic E-state index is 0.233. The molecular formula is C17H26N2O3. The van der Waals surface area contributed by atoms with Gasteiger partial charge in [-0.1, -0.05) is 12.1 Å². The fourth-order valence-corrected chi connectivity index (χ4v) is 3.09. The highest BCUT2D eigenvalue weighted by atomic mass is 16.5. The van der Waals surface area contributed by atoms with Crippen LogP contribution in [0.2, 0.25) is 0 Å². The lowest BCUT2D eigenvalue weighted by molar-refractivity contribution is 0.0244. The monoisotopic (exact) mass is 306 g/mol. The molecule has 0 saturated carbocycles. The molecule has 122 valence electrons. The Balaban J connectivity index is 1.71. The molecule has 0 bridgehead atoms. The van der Waals surface area contributed by atoms with Gasteiger partial charge in [-0.2, -0.15) is 0 Å². The van der Waals surface area contributed by atoms with Gasteiger partial charge in [-0.3, -0.25) is 4.90 Å². The van der Waals surface area contributed by atoms with Crippen LogP contribution >= 0.6 is 0 Å². The van der Waals surface area contributed by atoms with Crippen molar-refractivity contribution >= 4 is 0 Å². The van der Waals surface area contributed by atoms with Crippen LogP contribution in [0.1, 0.15) is 18.4 Å². The van der Waals surface area contributed by atoms with Crippen LogP contribution in [0.25, 0.3) is 0 Å². The van der Waals surface area contributed by atoms with E-state index >= 15 is 0 Å². The molecular weight excluding hydrogens is 280 g/mol. The summed E-state index contributed by atoms with van der Waals surface area (Å²) in [6.45, 7) is 6.75. The highest BCUT2D eigenvalue weighted by Gasteiger charge is 2.20. The highest BCUT2D eigenvalue weighted by molar-refractivity contribution is 5.46. The van der Waals surface area contributed by atoms with Gasteiger partial charge in [-0.15, -0.1) is 0 Å². The molecule has 1 aromatic rings. The molecule has 0 amide bonds. The van der Waals surface area contributed by atoms with Crippen molar-refractivity contribution in [3.8, 4) is 11.5 Å². The fraction of sp³-hybridized carbons (Fsp3) is 0.647. The molecule has 2 saturated heterocycles. The number of hydrogen-bond donors (Lipinski definition) is 1. The van der Waals surface area contributed by atoms with Crippen molar-refractivity contribution in [2.75, 3.05) is 46.5 Å². The minimum absolute atomic E-state index is 0.233. The van der Waals surface area contributed by atoms with E-state index in [1.54, 1.807) is 7.11 Å².